The molecule has 0 radical (unpaired) electrons. The molecule has 3 aliphatic carbocycles. The van der Waals surface area contributed by atoms with Gasteiger partial charge < -0.3 is 12.7 Å². The molecule has 3 aliphatic rings. The molecule has 3 unspecified atom stereocenters. The molecule has 21 heavy (non-hydrogen) atoms. The quantitative estimate of drug-likeness (QED) is 0.413. The summed E-state index contributed by atoms with van der Waals surface area (Å²) in [5.74, 6) is 2.55. The minimum absolute atomic E-state index is 0. The van der Waals surface area contributed by atoms with E-state index in [2.05, 4.69) is 25.2 Å². The van der Waals surface area contributed by atoms with Gasteiger partial charge >= 0.3 is 35.6 Å². The predicted octanol–water partition coefficient (Wildman–Crippen LogP) is 6.29. The van der Waals surface area contributed by atoms with Crippen LogP contribution in [0, 0.1) is 25.2 Å². The number of allylic oxidation sites excluding steroid dienone is 3. The van der Waals surface area contributed by atoms with Crippen molar-refractivity contribution in [3.63, 3.8) is 0 Å². The Labute approximate surface area is 147 Å². The van der Waals surface area contributed by atoms with Crippen molar-refractivity contribution in [2.75, 3.05) is 6.54 Å². The van der Waals surface area contributed by atoms with E-state index in [4.69, 9.17) is 23.9 Å². The van der Waals surface area contributed by atoms with Gasteiger partial charge in [-0.3, -0.25) is 0 Å². The van der Waals surface area contributed by atoms with Crippen molar-refractivity contribution < 1.29 is 17.0 Å². The first-order valence-electron chi connectivity index (χ1n) is 7.74. The Morgan fingerprint density at radius 2 is 1.90 bits per heavy atom. The average molecular weight is 364 g/mol. The van der Waals surface area contributed by atoms with Crippen molar-refractivity contribution in [3.05, 3.63) is 36.5 Å². The van der Waals surface area contributed by atoms with Gasteiger partial charge in [-0.1, -0.05) is 56.4 Å². The molecule has 0 aliphatic heterocycles. The van der Waals surface area contributed by atoms with E-state index in [9.17, 15) is 0 Å². The summed E-state index contributed by atoms with van der Waals surface area (Å²) in [6, 6.07) is 0.680. The number of hydrogen-bond donors (Lipinski definition) is 0. The Morgan fingerprint density at radius 3 is 2.57 bits per heavy atom. The molecule has 0 spiro atoms. The van der Waals surface area contributed by atoms with E-state index in [0.717, 1.165) is 24.3 Å². The molecule has 3 atom stereocenters. The van der Waals surface area contributed by atoms with Crippen LogP contribution in [0.1, 0.15) is 45.4 Å². The Bertz CT molecular complexity index is 351. The number of halogens is 2. The fourth-order valence-corrected chi connectivity index (χ4v) is 3.91. The summed E-state index contributed by atoms with van der Waals surface area (Å²) < 4.78 is 0. The summed E-state index contributed by atoms with van der Waals surface area (Å²) in [7, 11) is 9.78. The van der Waals surface area contributed by atoms with Gasteiger partial charge in [0.05, 0.1) is 0 Å². The van der Waals surface area contributed by atoms with Crippen molar-refractivity contribution in [2.45, 2.75) is 51.5 Å². The molecule has 3 rings (SSSR count). The molecule has 0 bridgehead atoms. The molecule has 2 saturated carbocycles. The van der Waals surface area contributed by atoms with E-state index < -0.39 is 17.0 Å². The van der Waals surface area contributed by atoms with Gasteiger partial charge in [0.25, 0.3) is 0 Å². The summed E-state index contributed by atoms with van der Waals surface area (Å²) in [6.07, 6.45) is 15.3. The van der Waals surface area contributed by atoms with E-state index in [0.29, 0.717) is 6.04 Å². The molecule has 0 heterocycles. The van der Waals surface area contributed by atoms with Gasteiger partial charge in [0.2, 0.25) is 0 Å². The Kier molecular flexibility index (Phi) is 9.89. The average Bonchev–Trinajstić information content (AvgIpc) is 3.05. The third kappa shape index (κ3) is 6.03. The normalized spacial score (nSPS) is 30.8. The first-order valence-corrected chi connectivity index (χ1v) is 12.0. The fraction of sp³-hybridized carbons (Fsp3) is 0.706. The number of fused-ring (bicyclic) bond motifs is 1. The third-order valence-electron chi connectivity index (χ3n) is 4.85. The van der Waals surface area contributed by atoms with Gasteiger partial charge in [-0.15, -0.1) is 12.6 Å². The molecule has 4 heteroatoms. The molecule has 0 amide bonds. The van der Waals surface area contributed by atoms with Crippen LogP contribution in [0.3, 0.4) is 0 Å². The van der Waals surface area contributed by atoms with Crippen molar-refractivity contribution in [1.29, 1.82) is 0 Å². The number of nitrogens with zero attached hydrogens (tertiary/aromatic N) is 1. The summed E-state index contributed by atoms with van der Waals surface area (Å²) in [4.78, 5) is 0. The Hall–Kier alpha value is 0.734. The van der Waals surface area contributed by atoms with Crippen LogP contribution < -0.4 is 0 Å². The van der Waals surface area contributed by atoms with Crippen molar-refractivity contribution >= 4 is 18.6 Å². The van der Waals surface area contributed by atoms with Crippen molar-refractivity contribution in [1.82, 2.24) is 0 Å². The molecule has 120 valence electrons. The van der Waals surface area contributed by atoms with Gasteiger partial charge in [0.1, 0.15) is 0 Å². The minimum atomic E-state index is -0.556. The van der Waals surface area contributed by atoms with Crippen LogP contribution in [0.2, 0.25) is 0 Å². The Morgan fingerprint density at radius 1 is 1.24 bits per heavy atom. The van der Waals surface area contributed by atoms with Crippen molar-refractivity contribution in [3.8, 4) is 0 Å². The first kappa shape index (κ1) is 19.8. The molecule has 2 fully saturated rings. The molecule has 0 aromatic rings. The molecule has 0 aromatic heterocycles. The van der Waals surface area contributed by atoms with Gasteiger partial charge in [0, 0.05) is 0 Å². The van der Waals surface area contributed by atoms with E-state index >= 15 is 0 Å². The standard InChI is InChI=1S/C16H24N.CH3.2ClH.Ti/c1-12-9-13-5-4-6-14(16(13)10-12)11-17-15-7-2-3-8-15;;;;/h4-6,12-13,15-16H,2-3,7-11H2,1H3;1H3;2*1H;/q2*-1;;;+2/p-2. The number of rotatable bonds is 3. The SMILES string of the molecule is CC1CC2C=CC=C(C[N-]C3CCCC3)C2C1.[CH3-].[Cl][Ti][Cl]. The Balaban J connectivity index is 0.000000510. The van der Waals surface area contributed by atoms with E-state index in [1.165, 1.54) is 38.5 Å². The fourth-order valence-electron chi connectivity index (χ4n) is 3.91. The van der Waals surface area contributed by atoms with Crippen LogP contribution in [0.15, 0.2) is 23.8 Å². The zero-order chi connectivity index (χ0) is 14.4. The molecule has 0 aromatic carbocycles. The predicted molar refractivity (Wildman–Crippen MR) is 91.2 cm³/mol. The maximum atomic E-state index is 4.93. The van der Waals surface area contributed by atoms with Crippen LogP contribution in [-0.4, -0.2) is 12.6 Å². The first-order chi connectivity index (χ1) is 9.74. The van der Waals surface area contributed by atoms with Gasteiger partial charge in [-0.25, -0.2) is 0 Å². The monoisotopic (exact) mass is 363 g/mol. The second kappa shape index (κ2) is 10.5. The van der Waals surface area contributed by atoms with Crippen LogP contribution in [0.5, 0.6) is 0 Å². The number of hydrogen-bond acceptors (Lipinski definition) is 0. The van der Waals surface area contributed by atoms with Crippen LogP contribution in [0.4, 0.5) is 0 Å². The van der Waals surface area contributed by atoms with Crippen LogP contribution >= 0.6 is 18.6 Å². The molecule has 0 N–H and O–H groups in total. The zero-order valence-electron chi connectivity index (χ0n) is 13.2. The second-order valence-electron chi connectivity index (χ2n) is 6.32. The van der Waals surface area contributed by atoms with Crippen LogP contribution in [0.25, 0.3) is 5.32 Å². The summed E-state index contributed by atoms with van der Waals surface area (Å²) in [5, 5.41) is 4.93. The van der Waals surface area contributed by atoms with Crippen LogP contribution in [-0.2, 0) is 17.0 Å². The summed E-state index contributed by atoms with van der Waals surface area (Å²) in [5.41, 5.74) is 1.62. The molecular formula is C17H27Cl2NTi-2. The molecule has 0 saturated heterocycles. The second-order valence-corrected chi connectivity index (χ2v) is 8.90. The van der Waals surface area contributed by atoms with Gasteiger partial charge in [-0.05, 0) is 30.6 Å². The molecule has 1 nitrogen and oxygen atoms in total. The third-order valence-corrected chi connectivity index (χ3v) is 4.85. The zero-order valence-corrected chi connectivity index (χ0v) is 16.3. The van der Waals surface area contributed by atoms with Gasteiger partial charge in [-0.2, -0.15) is 0 Å². The summed E-state index contributed by atoms with van der Waals surface area (Å²) >= 11 is -0.556. The topological polar surface area (TPSA) is 14.1 Å². The van der Waals surface area contributed by atoms with E-state index in [1.54, 1.807) is 5.57 Å². The summed E-state index contributed by atoms with van der Waals surface area (Å²) in [6.45, 7) is 3.42. The van der Waals surface area contributed by atoms with Crippen molar-refractivity contribution in [2.24, 2.45) is 17.8 Å². The van der Waals surface area contributed by atoms with Gasteiger partial charge in [0.15, 0.2) is 0 Å². The van der Waals surface area contributed by atoms with E-state index in [1.807, 2.05) is 0 Å². The van der Waals surface area contributed by atoms with E-state index in [-0.39, 0.29) is 7.43 Å². The molecular weight excluding hydrogens is 337 g/mol. The maximum absolute atomic E-state index is 4.93.